The van der Waals surface area contributed by atoms with Gasteiger partial charge in [0.2, 0.25) is 0 Å². The van der Waals surface area contributed by atoms with Crippen LogP contribution in [-0.2, 0) is 16.0 Å². The minimum Gasteiger partial charge on any atom is -0.467 e. The Morgan fingerprint density at radius 3 is 2.80 bits per heavy atom. The molecule has 0 unspecified atom stereocenters. The van der Waals surface area contributed by atoms with Crippen molar-refractivity contribution in [2.75, 3.05) is 6.61 Å². The molecule has 0 atom stereocenters. The molecule has 0 saturated heterocycles. The Labute approximate surface area is 89.0 Å². The summed E-state index contributed by atoms with van der Waals surface area (Å²) in [5.41, 5.74) is 7.20. The molecule has 0 spiro atoms. The molecule has 1 fully saturated rings. The number of aromatic nitrogens is 2. The Kier molecular flexibility index (Phi) is 4.83. The van der Waals surface area contributed by atoms with Gasteiger partial charge in [-0.05, 0) is 19.8 Å². The number of carbonyl (C=O) groups excluding carboxylic acids is 1. The van der Waals surface area contributed by atoms with Gasteiger partial charge in [-0.25, -0.2) is 4.98 Å². The molecule has 84 valence electrons. The molecule has 5 heteroatoms. The summed E-state index contributed by atoms with van der Waals surface area (Å²) in [6.45, 7) is 2.78. The first-order valence-corrected chi connectivity index (χ1v) is 5.03. The van der Waals surface area contributed by atoms with Crippen LogP contribution < -0.4 is 5.73 Å². The maximum Gasteiger partial charge on any atom is 0.293 e. The third-order valence-corrected chi connectivity index (χ3v) is 2.08. The summed E-state index contributed by atoms with van der Waals surface area (Å²) >= 11 is 0. The molecule has 3 N–H and O–H groups in total. The number of imidazole rings is 1. The second-order valence-corrected chi connectivity index (χ2v) is 3.53. The third kappa shape index (κ3) is 5.17. The monoisotopic (exact) mass is 211 g/mol. The zero-order chi connectivity index (χ0) is 11.1. The quantitative estimate of drug-likeness (QED) is 0.562. The summed E-state index contributed by atoms with van der Waals surface area (Å²) in [7, 11) is 0. The van der Waals surface area contributed by atoms with Crippen molar-refractivity contribution in [2.45, 2.75) is 32.2 Å². The Hall–Kier alpha value is -1.36. The number of aromatic amines is 1. The summed E-state index contributed by atoms with van der Waals surface area (Å²) in [4.78, 5) is 16.7. The number of nitrogens with one attached hydrogen (secondary N) is 1. The van der Waals surface area contributed by atoms with Gasteiger partial charge in [0.25, 0.3) is 6.47 Å². The first-order chi connectivity index (χ1) is 7.24. The van der Waals surface area contributed by atoms with Gasteiger partial charge in [-0.2, -0.15) is 0 Å². The van der Waals surface area contributed by atoms with Crippen molar-refractivity contribution in [2.24, 2.45) is 5.73 Å². The van der Waals surface area contributed by atoms with Crippen molar-refractivity contribution in [3.05, 3.63) is 17.7 Å². The van der Waals surface area contributed by atoms with Crippen LogP contribution in [0.25, 0.3) is 0 Å². The van der Waals surface area contributed by atoms with Gasteiger partial charge in [0.05, 0.1) is 18.6 Å². The predicted molar refractivity (Wildman–Crippen MR) is 56.3 cm³/mol. The van der Waals surface area contributed by atoms with E-state index in [2.05, 4.69) is 14.7 Å². The maximum atomic E-state index is 9.77. The number of nitrogens with two attached hydrogens (primary N) is 1. The SMILES string of the molecule is Cc1[nH]cnc1CCOC=O.NC1CC1. The van der Waals surface area contributed by atoms with Crippen LogP contribution in [0.3, 0.4) is 0 Å². The number of hydrogen-bond donors (Lipinski definition) is 2. The van der Waals surface area contributed by atoms with Gasteiger partial charge in [0, 0.05) is 18.2 Å². The van der Waals surface area contributed by atoms with Crippen molar-refractivity contribution in [1.29, 1.82) is 0 Å². The second kappa shape index (κ2) is 6.19. The van der Waals surface area contributed by atoms with E-state index in [9.17, 15) is 4.79 Å². The number of nitrogens with zero attached hydrogens (tertiary/aromatic N) is 1. The molecule has 1 aliphatic carbocycles. The highest BCUT2D eigenvalue weighted by Crippen LogP contribution is 2.13. The number of aryl methyl sites for hydroxylation is 1. The minimum atomic E-state index is 0.398. The summed E-state index contributed by atoms with van der Waals surface area (Å²) in [6, 6.07) is 0.583. The zero-order valence-electron chi connectivity index (χ0n) is 8.90. The lowest BCUT2D eigenvalue weighted by Crippen LogP contribution is -1.98. The fourth-order valence-corrected chi connectivity index (χ4v) is 0.939. The predicted octanol–water partition coefficient (Wildman–Crippen LogP) is 0.541. The average Bonchev–Trinajstić information content (AvgIpc) is 2.89. The van der Waals surface area contributed by atoms with Crippen molar-refractivity contribution in [1.82, 2.24) is 9.97 Å². The van der Waals surface area contributed by atoms with Crippen LogP contribution in [0.4, 0.5) is 0 Å². The Bertz CT molecular complexity index is 295. The van der Waals surface area contributed by atoms with Crippen molar-refractivity contribution in [3.63, 3.8) is 0 Å². The van der Waals surface area contributed by atoms with Gasteiger partial charge in [-0.15, -0.1) is 0 Å². The topological polar surface area (TPSA) is 81.0 Å². The molecule has 0 aliphatic heterocycles. The summed E-state index contributed by atoms with van der Waals surface area (Å²) in [6.07, 6.45) is 4.83. The largest absolute Gasteiger partial charge is 0.467 e. The van der Waals surface area contributed by atoms with Crippen LogP contribution in [-0.4, -0.2) is 29.1 Å². The molecule has 2 rings (SSSR count). The molecule has 0 radical (unpaired) electrons. The molecule has 1 aromatic heterocycles. The molecule has 5 nitrogen and oxygen atoms in total. The Balaban J connectivity index is 0.000000234. The van der Waals surface area contributed by atoms with Crippen LogP contribution in [0.5, 0.6) is 0 Å². The van der Waals surface area contributed by atoms with Crippen LogP contribution in [0.2, 0.25) is 0 Å². The molecule has 1 saturated carbocycles. The number of hydrogen-bond acceptors (Lipinski definition) is 4. The first kappa shape index (κ1) is 11.7. The Morgan fingerprint density at radius 2 is 2.40 bits per heavy atom. The normalized spacial score (nSPS) is 14.0. The van der Waals surface area contributed by atoms with Gasteiger partial charge >= 0.3 is 0 Å². The zero-order valence-corrected chi connectivity index (χ0v) is 8.90. The second-order valence-electron chi connectivity index (χ2n) is 3.53. The molecule has 0 aromatic carbocycles. The highest BCUT2D eigenvalue weighted by molar-refractivity contribution is 5.36. The average molecular weight is 211 g/mol. The lowest BCUT2D eigenvalue weighted by molar-refractivity contribution is -0.128. The Morgan fingerprint density at radius 1 is 1.73 bits per heavy atom. The van der Waals surface area contributed by atoms with E-state index < -0.39 is 0 Å². The van der Waals surface area contributed by atoms with E-state index in [1.54, 1.807) is 6.33 Å². The fourth-order valence-electron chi connectivity index (χ4n) is 0.939. The van der Waals surface area contributed by atoms with Gasteiger partial charge in [0.1, 0.15) is 0 Å². The van der Waals surface area contributed by atoms with E-state index in [-0.39, 0.29) is 0 Å². The lowest BCUT2D eigenvalue weighted by Gasteiger charge is -1.95. The maximum absolute atomic E-state index is 9.77. The van der Waals surface area contributed by atoms with Gasteiger partial charge in [0.15, 0.2) is 0 Å². The summed E-state index contributed by atoms with van der Waals surface area (Å²) in [5, 5.41) is 0. The van der Waals surface area contributed by atoms with Gasteiger partial charge in [-0.1, -0.05) is 0 Å². The number of ether oxygens (including phenoxy) is 1. The van der Waals surface area contributed by atoms with E-state index in [0.717, 1.165) is 11.4 Å². The van der Waals surface area contributed by atoms with E-state index in [1.807, 2.05) is 6.92 Å². The highest BCUT2D eigenvalue weighted by Gasteiger charge is 2.13. The van der Waals surface area contributed by atoms with Crippen LogP contribution in [0, 0.1) is 6.92 Å². The smallest absolute Gasteiger partial charge is 0.293 e. The fraction of sp³-hybridized carbons (Fsp3) is 0.600. The number of carbonyl (C=O) groups is 1. The third-order valence-electron chi connectivity index (χ3n) is 2.08. The molecular formula is C10H17N3O2. The van der Waals surface area contributed by atoms with Gasteiger partial charge in [-0.3, -0.25) is 4.79 Å². The minimum absolute atomic E-state index is 0.398. The van der Waals surface area contributed by atoms with E-state index in [1.165, 1.54) is 12.8 Å². The molecule has 1 heterocycles. The molecular weight excluding hydrogens is 194 g/mol. The molecule has 15 heavy (non-hydrogen) atoms. The van der Waals surface area contributed by atoms with Crippen LogP contribution >= 0.6 is 0 Å². The van der Waals surface area contributed by atoms with Crippen LogP contribution in [0.15, 0.2) is 6.33 Å². The number of rotatable bonds is 4. The number of H-pyrrole nitrogens is 1. The lowest BCUT2D eigenvalue weighted by atomic mass is 10.3. The highest BCUT2D eigenvalue weighted by atomic mass is 16.5. The van der Waals surface area contributed by atoms with E-state index in [4.69, 9.17) is 5.73 Å². The molecule has 1 aliphatic rings. The van der Waals surface area contributed by atoms with Crippen molar-refractivity contribution >= 4 is 6.47 Å². The first-order valence-electron chi connectivity index (χ1n) is 5.03. The summed E-state index contributed by atoms with van der Waals surface area (Å²) < 4.78 is 4.53. The van der Waals surface area contributed by atoms with Gasteiger partial charge < -0.3 is 15.5 Å². The van der Waals surface area contributed by atoms with E-state index in [0.29, 0.717) is 25.5 Å². The molecule has 0 amide bonds. The van der Waals surface area contributed by atoms with Crippen molar-refractivity contribution < 1.29 is 9.53 Å². The summed E-state index contributed by atoms with van der Waals surface area (Å²) in [5.74, 6) is 0. The van der Waals surface area contributed by atoms with Crippen LogP contribution in [0.1, 0.15) is 24.2 Å². The van der Waals surface area contributed by atoms with Crippen molar-refractivity contribution in [3.8, 4) is 0 Å². The molecule has 0 bridgehead atoms. The molecule has 1 aromatic rings. The van der Waals surface area contributed by atoms with E-state index >= 15 is 0 Å². The standard InChI is InChI=1S/C7H10N2O2.C3H7N/c1-6-7(9-4-8-6)2-3-11-5-10;4-3-1-2-3/h4-5H,2-3H2,1H3,(H,8,9);3H,1-2,4H2.